The van der Waals surface area contributed by atoms with Crippen molar-refractivity contribution < 1.29 is 4.79 Å². The molecule has 0 radical (unpaired) electrons. The molecule has 6 nitrogen and oxygen atoms in total. The van der Waals surface area contributed by atoms with Crippen molar-refractivity contribution in [2.45, 2.75) is 0 Å². The number of aromatic nitrogens is 1. The van der Waals surface area contributed by atoms with Crippen LogP contribution in [0.2, 0.25) is 0 Å². The van der Waals surface area contributed by atoms with Gasteiger partial charge in [0.15, 0.2) is 0 Å². The predicted molar refractivity (Wildman–Crippen MR) is 76.7 cm³/mol. The number of rotatable bonds is 2. The minimum Gasteiger partial charge on any atom is -0.320 e. The van der Waals surface area contributed by atoms with E-state index in [2.05, 4.69) is 34.2 Å². The quantitative estimate of drug-likeness (QED) is 0.696. The molecule has 1 aromatic rings. The first-order valence-electron chi connectivity index (χ1n) is 6.57. The van der Waals surface area contributed by atoms with Crippen molar-refractivity contribution in [3.8, 4) is 11.8 Å². The number of hydrogen-bond acceptors (Lipinski definition) is 5. The van der Waals surface area contributed by atoms with Gasteiger partial charge >= 0.3 is 0 Å². The van der Waals surface area contributed by atoms with E-state index in [0.717, 1.165) is 26.2 Å². The van der Waals surface area contributed by atoms with E-state index >= 15 is 0 Å². The summed E-state index contributed by atoms with van der Waals surface area (Å²) < 4.78 is 0. The topological polar surface area (TPSA) is 74.5 Å². The molecule has 0 saturated carbocycles. The zero-order valence-electron chi connectivity index (χ0n) is 11.6. The van der Waals surface area contributed by atoms with Gasteiger partial charge in [0.2, 0.25) is 0 Å². The molecule has 3 N–H and O–H groups in total. The van der Waals surface area contributed by atoms with Crippen LogP contribution >= 0.6 is 0 Å². The van der Waals surface area contributed by atoms with Gasteiger partial charge in [0.1, 0.15) is 0 Å². The average molecular weight is 273 g/mol. The standard InChI is InChI=1S/C14H19N5O/c1-18-5-7-19(8-6-18)17-14(20)13-9-12(3-2-4-15)10-16-11-13/h9-11H,4-8,15H2,1H3,(H,17,20). The maximum atomic E-state index is 12.1. The molecule has 1 aromatic heterocycles. The van der Waals surface area contributed by atoms with Crippen molar-refractivity contribution in [2.24, 2.45) is 5.73 Å². The number of likely N-dealkylation sites (N-methyl/N-ethyl adjacent to an activating group) is 1. The number of hydrazine groups is 1. The molecule has 2 heterocycles. The van der Waals surface area contributed by atoms with Gasteiger partial charge in [0.25, 0.3) is 5.91 Å². The summed E-state index contributed by atoms with van der Waals surface area (Å²) in [6, 6.07) is 1.72. The number of carbonyl (C=O) groups is 1. The van der Waals surface area contributed by atoms with Crippen LogP contribution in [-0.4, -0.2) is 60.6 Å². The first kappa shape index (κ1) is 14.5. The van der Waals surface area contributed by atoms with Crippen LogP contribution in [0.25, 0.3) is 0 Å². The van der Waals surface area contributed by atoms with E-state index in [9.17, 15) is 4.79 Å². The van der Waals surface area contributed by atoms with Crippen molar-refractivity contribution in [3.05, 3.63) is 29.6 Å². The second kappa shape index (κ2) is 7.01. The SMILES string of the molecule is CN1CCN(NC(=O)c2cncc(C#CCN)c2)CC1. The summed E-state index contributed by atoms with van der Waals surface area (Å²) in [4.78, 5) is 18.4. The summed E-state index contributed by atoms with van der Waals surface area (Å²) in [5, 5.41) is 1.93. The summed E-state index contributed by atoms with van der Waals surface area (Å²) in [6.45, 7) is 3.82. The predicted octanol–water partition coefficient (Wildman–Crippen LogP) is -0.716. The second-order valence-corrected chi connectivity index (χ2v) is 4.70. The van der Waals surface area contributed by atoms with Gasteiger partial charge in [-0.2, -0.15) is 0 Å². The molecule has 0 unspecified atom stereocenters. The highest BCUT2D eigenvalue weighted by atomic mass is 16.2. The average Bonchev–Trinajstić information content (AvgIpc) is 2.48. The lowest BCUT2D eigenvalue weighted by molar-refractivity contribution is 0.0662. The zero-order valence-corrected chi connectivity index (χ0v) is 11.6. The fraction of sp³-hybridized carbons (Fsp3) is 0.429. The van der Waals surface area contributed by atoms with Gasteiger partial charge in [-0.05, 0) is 13.1 Å². The van der Waals surface area contributed by atoms with E-state index in [4.69, 9.17) is 5.73 Å². The Kier molecular flexibility index (Phi) is 5.07. The van der Waals surface area contributed by atoms with Crippen LogP contribution in [0.5, 0.6) is 0 Å². The maximum absolute atomic E-state index is 12.1. The van der Waals surface area contributed by atoms with E-state index in [1.54, 1.807) is 18.5 Å². The number of piperazine rings is 1. The highest BCUT2D eigenvalue weighted by Crippen LogP contribution is 2.03. The third kappa shape index (κ3) is 4.03. The molecule has 1 fully saturated rings. The van der Waals surface area contributed by atoms with Crippen molar-refractivity contribution >= 4 is 5.91 Å². The van der Waals surface area contributed by atoms with Gasteiger partial charge in [-0.1, -0.05) is 11.8 Å². The van der Waals surface area contributed by atoms with E-state index < -0.39 is 0 Å². The van der Waals surface area contributed by atoms with Crippen LogP contribution in [0.1, 0.15) is 15.9 Å². The van der Waals surface area contributed by atoms with Gasteiger partial charge in [-0.25, -0.2) is 5.01 Å². The van der Waals surface area contributed by atoms with Crippen molar-refractivity contribution in [3.63, 3.8) is 0 Å². The van der Waals surface area contributed by atoms with Crippen LogP contribution in [0.3, 0.4) is 0 Å². The molecular formula is C14H19N5O. The van der Waals surface area contributed by atoms with Gasteiger partial charge in [0.05, 0.1) is 12.1 Å². The Morgan fingerprint density at radius 2 is 2.15 bits per heavy atom. The van der Waals surface area contributed by atoms with Gasteiger partial charge in [0, 0.05) is 44.1 Å². The number of carbonyl (C=O) groups excluding carboxylic acids is 1. The molecule has 6 heteroatoms. The number of pyridine rings is 1. The highest BCUT2D eigenvalue weighted by molar-refractivity contribution is 5.93. The number of nitrogens with zero attached hydrogens (tertiary/aromatic N) is 3. The Bertz CT molecular complexity index is 526. The summed E-state index contributed by atoms with van der Waals surface area (Å²) in [5.74, 6) is 5.46. The summed E-state index contributed by atoms with van der Waals surface area (Å²) in [5.41, 5.74) is 9.42. The summed E-state index contributed by atoms with van der Waals surface area (Å²) in [7, 11) is 2.07. The molecule has 106 valence electrons. The molecule has 0 aliphatic carbocycles. The van der Waals surface area contributed by atoms with E-state index in [1.165, 1.54) is 0 Å². The maximum Gasteiger partial charge on any atom is 0.267 e. The number of amides is 1. The van der Waals surface area contributed by atoms with Crippen LogP contribution < -0.4 is 11.2 Å². The van der Waals surface area contributed by atoms with Gasteiger partial charge < -0.3 is 10.6 Å². The molecule has 0 spiro atoms. The van der Waals surface area contributed by atoms with E-state index in [-0.39, 0.29) is 12.5 Å². The molecule has 0 bridgehead atoms. The Balaban J connectivity index is 1.98. The van der Waals surface area contributed by atoms with E-state index in [1.807, 2.05) is 5.01 Å². The molecule has 1 amide bonds. The van der Waals surface area contributed by atoms with Gasteiger partial charge in [-0.3, -0.25) is 15.2 Å². The van der Waals surface area contributed by atoms with Crippen molar-refractivity contribution in [1.82, 2.24) is 20.3 Å². The Morgan fingerprint density at radius 3 is 2.85 bits per heavy atom. The molecule has 0 aromatic carbocycles. The highest BCUT2D eigenvalue weighted by Gasteiger charge is 2.16. The van der Waals surface area contributed by atoms with Crippen LogP contribution in [0.15, 0.2) is 18.5 Å². The monoisotopic (exact) mass is 273 g/mol. The number of nitrogens with two attached hydrogens (primary N) is 1. The first-order chi connectivity index (χ1) is 9.69. The van der Waals surface area contributed by atoms with Gasteiger partial charge in [-0.15, -0.1) is 0 Å². The summed E-state index contributed by atoms with van der Waals surface area (Å²) >= 11 is 0. The Morgan fingerprint density at radius 1 is 1.40 bits per heavy atom. The summed E-state index contributed by atoms with van der Waals surface area (Å²) in [6.07, 6.45) is 3.16. The lowest BCUT2D eigenvalue weighted by atomic mass is 10.2. The van der Waals surface area contributed by atoms with Crippen LogP contribution in [0, 0.1) is 11.8 Å². The molecule has 1 aliphatic heterocycles. The lowest BCUT2D eigenvalue weighted by Crippen LogP contribution is -2.52. The molecule has 2 rings (SSSR count). The number of nitrogens with one attached hydrogen (secondary N) is 1. The van der Waals surface area contributed by atoms with Crippen molar-refractivity contribution in [2.75, 3.05) is 39.8 Å². The molecule has 1 aliphatic rings. The third-order valence-corrected chi connectivity index (χ3v) is 3.10. The molecular weight excluding hydrogens is 254 g/mol. The van der Waals surface area contributed by atoms with E-state index in [0.29, 0.717) is 11.1 Å². The first-order valence-corrected chi connectivity index (χ1v) is 6.57. The largest absolute Gasteiger partial charge is 0.320 e. The van der Waals surface area contributed by atoms with Crippen LogP contribution in [-0.2, 0) is 0 Å². The minimum atomic E-state index is -0.154. The number of hydrogen-bond donors (Lipinski definition) is 2. The molecule has 20 heavy (non-hydrogen) atoms. The van der Waals surface area contributed by atoms with Crippen LogP contribution in [0.4, 0.5) is 0 Å². The minimum absolute atomic E-state index is 0.154. The smallest absolute Gasteiger partial charge is 0.267 e. The normalized spacial score (nSPS) is 16.3. The Hall–Kier alpha value is -1.94. The van der Waals surface area contributed by atoms with Crippen molar-refractivity contribution in [1.29, 1.82) is 0 Å². The second-order valence-electron chi connectivity index (χ2n) is 4.70. The zero-order chi connectivity index (χ0) is 14.4. The lowest BCUT2D eigenvalue weighted by Gasteiger charge is -2.32. The fourth-order valence-corrected chi connectivity index (χ4v) is 1.91. The third-order valence-electron chi connectivity index (χ3n) is 3.10. The molecule has 1 saturated heterocycles. The Labute approximate surface area is 118 Å². The fourth-order valence-electron chi connectivity index (χ4n) is 1.91. The molecule has 0 atom stereocenters.